The molecule has 132 valence electrons. The molecule has 1 unspecified atom stereocenters. The highest BCUT2D eigenvalue weighted by Crippen LogP contribution is 2.36. The standard InChI is InChI=1S/C18H26N2O3S/c21-18(20-10-12-24(22,23)13-11-20)19-14-17(16-8-4-5-9-16)15-6-2-1-3-7-15/h1-3,6-7,16-17H,4-5,8-14H2,(H,19,21). The van der Waals surface area contributed by atoms with Gasteiger partial charge in [0.15, 0.2) is 9.84 Å². The van der Waals surface area contributed by atoms with E-state index in [9.17, 15) is 13.2 Å². The third-order valence-corrected chi connectivity index (χ3v) is 6.91. The van der Waals surface area contributed by atoms with E-state index in [4.69, 9.17) is 0 Å². The molecule has 5 nitrogen and oxygen atoms in total. The maximum atomic E-state index is 12.4. The summed E-state index contributed by atoms with van der Waals surface area (Å²) in [7, 11) is -2.96. The summed E-state index contributed by atoms with van der Waals surface area (Å²) in [6.07, 6.45) is 4.98. The minimum atomic E-state index is -2.96. The first-order valence-corrected chi connectivity index (χ1v) is 10.7. The van der Waals surface area contributed by atoms with Crippen molar-refractivity contribution in [3.63, 3.8) is 0 Å². The Balaban J connectivity index is 1.60. The zero-order chi connectivity index (χ0) is 17.0. The Labute approximate surface area is 144 Å². The van der Waals surface area contributed by atoms with E-state index < -0.39 is 9.84 Å². The van der Waals surface area contributed by atoms with Crippen LogP contribution in [0.25, 0.3) is 0 Å². The van der Waals surface area contributed by atoms with E-state index >= 15 is 0 Å². The zero-order valence-electron chi connectivity index (χ0n) is 14.0. The van der Waals surface area contributed by atoms with Gasteiger partial charge in [0.1, 0.15) is 0 Å². The van der Waals surface area contributed by atoms with Crippen LogP contribution in [-0.4, -0.2) is 50.5 Å². The van der Waals surface area contributed by atoms with Crippen molar-refractivity contribution in [2.45, 2.75) is 31.6 Å². The van der Waals surface area contributed by atoms with Crippen molar-refractivity contribution in [3.8, 4) is 0 Å². The number of rotatable bonds is 4. The van der Waals surface area contributed by atoms with E-state index in [0.29, 0.717) is 31.5 Å². The summed E-state index contributed by atoms with van der Waals surface area (Å²) in [6, 6.07) is 10.3. The average Bonchev–Trinajstić information content (AvgIpc) is 3.10. The fourth-order valence-corrected chi connectivity index (χ4v) is 5.04. The molecule has 24 heavy (non-hydrogen) atoms. The molecule has 1 atom stereocenters. The van der Waals surface area contributed by atoms with E-state index in [1.54, 1.807) is 4.90 Å². The molecule has 2 amide bonds. The van der Waals surface area contributed by atoms with Gasteiger partial charge in [-0.15, -0.1) is 0 Å². The maximum Gasteiger partial charge on any atom is 0.317 e. The Kier molecular flexibility index (Phi) is 5.43. The third kappa shape index (κ3) is 4.29. The van der Waals surface area contributed by atoms with Crippen molar-refractivity contribution in [1.29, 1.82) is 0 Å². The number of sulfone groups is 1. The number of hydrogen-bond acceptors (Lipinski definition) is 3. The van der Waals surface area contributed by atoms with Gasteiger partial charge in [-0.3, -0.25) is 0 Å². The first kappa shape index (κ1) is 17.3. The molecule has 3 rings (SSSR count). The van der Waals surface area contributed by atoms with Gasteiger partial charge in [0.2, 0.25) is 0 Å². The molecule has 0 aromatic heterocycles. The molecule has 1 aliphatic carbocycles. The molecule has 0 bridgehead atoms. The topological polar surface area (TPSA) is 66.5 Å². The van der Waals surface area contributed by atoms with Gasteiger partial charge in [-0.2, -0.15) is 0 Å². The van der Waals surface area contributed by atoms with Gasteiger partial charge in [-0.25, -0.2) is 13.2 Å². The summed E-state index contributed by atoms with van der Waals surface area (Å²) in [5.74, 6) is 1.11. The molecule has 1 aromatic rings. The van der Waals surface area contributed by atoms with Crippen LogP contribution in [0.3, 0.4) is 0 Å². The quantitative estimate of drug-likeness (QED) is 0.907. The summed E-state index contributed by atoms with van der Waals surface area (Å²) >= 11 is 0. The van der Waals surface area contributed by atoms with Gasteiger partial charge in [0.05, 0.1) is 11.5 Å². The van der Waals surface area contributed by atoms with E-state index in [0.717, 1.165) is 0 Å². The van der Waals surface area contributed by atoms with E-state index in [-0.39, 0.29) is 17.5 Å². The van der Waals surface area contributed by atoms with Gasteiger partial charge in [-0.05, 0) is 24.3 Å². The summed E-state index contributed by atoms with van der Waals surface area (Å²) in [4.78, 5) is 14.0. The minimum absolute atomic E-state index is 0.0746. The van der Waals surface area contributed by atoms with Gasteiger partial charge in [0.25, 0.3) is 0 Å². The Hall–Kier alpha value is -1.56. The van der Waals surface area contributed by atoms with E-state index in [1.807, 2.05) is 6.07 Å². The van der Waals surface area contributed by atoms with Gasteiger partial charge in [-0.1, -0.05) is 43.2 Å². The lowest BCUT2D eigenvalue weighted by Crippen LogP contribution is -2.49. The Morgan fingerprint density at radius 2 is 1.75 bits per heavy atom. The highest BCUT2D eigenvalue weighted by atomic mass is 32.2. The maximum absolute atomic E-state index is 12.4. The van der Waals surface area contributed by atoms with Crippen molar-refractivity contribution in [2.75, 3.05) is 31.1 Å². The van der Waals surface area contributed by atoms with Gasteiger partial charge >= 0.3 is 6.03 Å². The Morgan fingerprint density at radius 3 is 2.38 bits per heavy atom. The van der Waals surface area contributed by atoms with Crippen LogP contribution in [0.2, 0.25) is 0 Å². The number of benzene rings is 1. The molecule has 0 spiro atoms. The monoisotopic (exact) mass is 350 g/mol. The van der Waals surface area contributed by atoms with E-state index in [2.05, 4.69) is 29.6 Å². The van der Waals surface area contributed by atoms with Crippen LogP contribution in [0.5, 0.6) is 0 Å². The second-order valence-electron chi connectivity index (χ2n) is 6.89. The summed E-state index contributed by atoms with van der Waals surface area (Å²) in [5.41, 5.74) is 1.28. The molecule has 2 aliphatic rings. The molecule has 0 radical (unpaired) electrons. The molecular weight excluding hydrogens is 324 g/mol. The largest absolute Gasteiger partial charge is 0.337 e. The number of nitrogens with one attached hydrogen (secondary N) is 1. The zero-order valence-corrected chi connectivity index (χ0v) is 14.8. The minimum Gasteiger partial charge on any atom is -0.337 e. The van der Waals surface area contributed by atoms with Crippen LogP contribution in [0.4, 0.5) is 4.79 Å². The molecule has 1 heterocycles. The van der Waals surface area contributed by atoms with Gasteiger partial charge < -0.3 is 10.2 Å². The molecule has 6 heteroatoms. The SMILES string of the molecule is O=C(NCC(c1ccccc1)C1CCCC1)N1CCS(=O)(=O)CC1. The van der Waals surface area contributed by atoms with E-state index in [1.165, 1.54) is 31.2 Å². The van der Waals surface area contributed by atoms with Crippen molar-refractivity contribution < 1.29 is 13.2 Å². The molecule has 1 N–H and O–H groups in total. The first-order valence-electron chi connectivity index (χ1n) is 8.83. The number of nitrogens with zero attached hydrogens (tertiary/aromatic N) is 1. The van der Waals surface area contributed by atoms with Crippen LogP contribution in [-0.2, 0) is 9.84 Å². The average molecular weight is 350 g/mol. The Morgan fingerprint density at radius 1 is 1.12 bits per heavy atom. The molecule has 2 fully saturated rings. The smallest absolute Gasteiger partial charge is 0.317 e. The second kappa shape index (κ2) is 7.55. The van der Waals surface area contributed by atoms with Crippen molar-refractivity contribution >= 4 is 15.9 Å². The fourth-order valence-electron chi connectivity index (χ4n) is 3.84. The molecule has 1 aliphatic heterocycles. The number of carbonyl (C=O) groups is 1. The number of hydrogen-bond donors (Lipinski definition) is 1. The summed E-state index contributed by atoms with van der Waals surface area (Å²) < 4.78 is 23.0. The van der Waals surface area contributed by atoms with Crippen LogP contribution in [0.15, 0.2) is 30.3 Å². The van der Waals surface area contributed by atoms with Crippen LogP contribution >= 0.6 is 0 Å². The lowest BCUT2D eigenvalue weighted by molar-refractivity contribution is 0.200. The van der Waals surface area contributed by atoms with Crippen LogP contribution in [0.1, 0.15) is 37.2 Å². The molecule has 1 saturated carbocycles. The predicted octanol–water partition coefficient (Wildman–Crippen LogP) is 2.40. The fraction of sp³-hybridized carbons (Fsp3) is 0.611. The predicted molar refractivity (Wildman–Crippen MR) is 94.8 cm³/mol. The van der Waals surface area contributed by atoms with Crippen molar-refractivity contribution in [2.24, 2.45) is 5.92 Å². The third-order valence-electron chi connectivity index (χ3n) is 5.30. The summed E-state index contributed by atoms with van der Waals surface area (Å²) in [5, 5.41) is 3.05. The lowest BCUT2D eigenvalue weighted by Gasteiger charge is -2.29. The second-order valence-corrected chi connectivity index (χ2v) is 9.19. The highest BCUT2D eigenvalue weighted by Gasteiger charge is 2.29. The number of urea groups is 1. The van der Waals surface area contributed by atoms with Gasteiger partial charge in [0, 0.05) is 25.6 Å². The van der Waals surface area contributed by atoms with Crippen LogP contribution in [0, 0.1) is 5.92 Å². The molecular formula is C18H26N2O3S. The normalized spacial score (nSPS) is 22.2. The Bertz CT molecular complexity index is 640. The lowest BCUT2D eigenvalue weighted by atomic mass is 9.85. The van der Waals surface area contributed by atoms with Crippen molar-refractivity contribution in [1.82, 2.24) is 10.2 Å². The molecule has 1 aromatic carbocycles. The van der Waals surface area contributed by atoms with Crippen LogP contribution < -0.4 is 5.32 Å². The number of amides is 2. The molecule has 1 saturated heterocycles. The summed E-state index contributed by atoms with van der Waals surface area (Å²) in [6.45, 7) is 1.22. The highest BCUT2D eigenvalue weighted by molar-refractivity contribution is 7.91. The number of carbonyl (C=O) groups excluding carboxylic acids is 1. The van der Waals surface area contributed by atoms with Crippen molar-refractivity contribution in [3.05, 3.63) is 35.9 Å². The first-order chi connectivity index (χ1) is 11.6.